The quantitative estimate of drug-likeness (QED) is 0.850. The number of ether oxygens (including phenoxy) is 1. The largest absolute Gasteiger partial charge is 0.497 e. The summed E-state index contributed by atoms with van der Waals surface area (Å²) in [6, 6.07) is 18.5. The second-order valence-electron chi connectivity index (χ2n) is 4.32. The van der Waals surface area contributed by atoms with Crippen molar-refractivity contribution in [2.24, 2.45) is 0 Å². The normalized spacial score (nSPS) is 10.6. The molecule has 98 valence electrons. The lowest BCUT2D eigenvalue weighted by molar-refractivity contribution is 0.414. The van der Waals surface area contributed by atoms with E-state index in [9.17, 15) is 0 Å². The van der Waals surface area contributed by atoms with Crippen LogP contribution in [0, 0.1) is 0 Å². The lowest BCUT2D eigenvalue weighted by atomic mass is 10.1. The molecule has 2 heteroatoms. The van der Waals surface area contributed by atoms with Crippen LogP contribution >= 0.6 is 0 Å². The maximum atomic E-state index is 5.13. The van der Waals surface area contributed by atoms with Crippen molar-refractivity contribution >= 4 is 0 Å². The molecule has 2 aromatic rings. The number of rotatable bonds is 6. The Balaban J connectivity index is 1.73. The van der Waals surface area contributed by atoms with Gasteiger partial charge in [0.1, 0.15) is 5.75 Å². The Kier molecular flexibility index (Phi) is 5.06. The van der Waals surface area contributed by atoms with Crippen molar-refractivity contribution < 1.29 is 4.74 Å². The highest BCUT2D eigenvalue weighted by molar-refractivity contribution is 5.27. The van der Waals surface area contributed by atoms with E-state index in [1.54, 1.807) is 7.11 Å². The monoisotopic (exact) mass is 253 g/mol. The molecule has 0 spiro atoms. The molecule has 0 bridgehead atoms. The van der Waals surface area contributed by atoms with Gasteiger partial charge in [-0.3, -0.25) is 0 Å². The molecule has 0 aliphatic rings. The fourth-order valence-corrected chi connectivity index (χ4v) is 1.81. The number of hydrogen-bond donors (Lipinski definition) is 1. The fraction of sp³-hybridized carbons (Fsp3) is 0.176. The lowest BCUT2D eigenvalue weighted by Crippen LogP contribution is -2.04. The van der Waals surface area contributed by atoms with E-state index in [0.29, 0.717) is 0 Å². The smallest absolute Gasteiger partial charge is 0.118 e. The molecule has 0 saturated heterocycles. The zero-order valence-corrected chi connectivity index (χ0v) is 11.2. The van der Waals surface area contributed by atoms with E-state index >= 15 is 0 Å². The Hall–Kier alpha value is -2.22. The molecule has 2 rings (SSSR count). The molecule has 2 nitrogen and oxygen atoms in total. The van der Waals surface area contributed by atoms with Gasteiger partial charge in [0, 0.05) is 6.54 Å². The first-order chi connectivity index (χ1) is 9.38. The third kappa shape index (κ3) is 4.51. The highest BCUT2D eigenvalue weighted by atomic mass is 16.5. The topological polar surface area (TPSA) is 21.3 Å². The average molecular weight is 253 g/mol. The van der Waals surface area contributed by atoms with Crippen molar-refractivity contribution in [3.8, 4) is 5.75 Å². The second-order valence-corrected chi connectivity index (χ2v) is 4.32. The second kappa shape index (κ2) is 7.27. The lowest BCUT2D eigenvalue weighted by Gasteiger charge is -2.03. The Labute approximate surface area is 114 Å². The van der Waals surface area contributed by atoms with Gasteiger partial charge in [0.15, 0.2) is 0 Å². The van der Waals surface area contributed by atoms with Crippen LogP contribution < -0.4 is 10.1 Å². The molecule has 0 unspecified atom stereocenters. The molecule has 0 aromatic heterocycles. The van der Waals surface area contributed by atoms with Gasteiger partial charge >= 0.3 is 0 Å². The number of allylic oxidation sites excluding steroid dienone is 1. The summed E-state index contributed by atoms with van der Waals surface area (Å²) in [5.41, 5.74) is 2.56. The summed E-state index contributed by atoms with van der Waals surface area (Å²) in [6.07, 6.45) is 5.10. The summed E-state index contributed by atoms with van der Waals surface area (Å²) >= 11 is 0. The van der Waals surface area contributed by atoms with Gasteiger partial charge in [0.05, 0.1) is 7.11 Å². The van der Waals surface area contributed by atoms with Crippen molar-refractivity contribution in [2.45, 2.75) is 13.0 Å². The zero-order chi connectivity index (χ0) is 13.3. The van der Waals surface area contributed by atoms with Gasteiger partial charge in [-0.2, -0.15) is 0 Å². The van der Waals surface area contributed by atoms with Gasteiger partial charge < -0.3 is 10.1 Å². The van der Waals surface area contributed by atoms with E-state index in [4.69, 9.17) is 4.74 Å². The van der Waals surface area contributed by atoms with Gasteiger partial charge in [-0.1, -0.05) is 48.5 Å². The van der Waals surface area contributed by atoms with Crippen LogP contribution in [0.25, 0.3) is 0 Å². The molecule has 0 amide bonds. The minimum atomic E-state index is 0.829. The minimum absolute atomic E-state index is 0.829. The summed E-state index contributed by atoms with van der Waals surface area (Å²) in [5, 5.41) is 3.29. The first kappa shape index (κ1) is 13.2. The third-order valence-corrected chi connectivity index (χ3v) is 2.90. The summed E-state index contributed by atoms with van der Waals surface area (Å²) < 4.78 is 5.13. The molecule has 0 aliphatic heterocycles. The predicted molar refractivity (Wildman–Crippen MR) is 79.1 cm³/mol. The number of methoxy groups -OCH3 is 1. The van der Waals surface area contributed by atoms with Crippen molar-refractivity contribution in [3.05, 3.63) is 78.0 Å². The summed E-state index contributed by atoms with van der Waals surface area (Å²) in [7, 11) is 1.68. The van der Waals surface area contributed by atoms with Crippen molar-refractivity contribution in [3.63, 3.8) is 0 Å². The molecule has 2 aromatic carbocycles. The van der Waals surface area contributed by atoms with Gasteiger partial charge in [-0.25, -0.2) is 0 Å². The highest BCUT2D eigenvalue weighted by Crippen LogP contribution is 2.10. The van der Waals surface area contributed by atoms with E-state index < -0.39 is 0 Å². The van der Waals surface area contributed by atoms with Crippen LogP contribution in [0.3, 0.4) is 0 Å². The molecule has 0 atom stereocenters. The highest BCUT2D eigenvalue weighted by Gasteiger charge is 1.92. The Bertz CT molecular complexity index is 503. The Morgan fingerprint density at radius 3 is 2.37 bits per heavy atom. The van der Waals surface area contributed by atoms with Crippen LogP contribution in [0.2, 0.25) is 0 Å². The zero-order valence-electron chi connectivity index (χ0n) is 11.2. The first-order valence-corrected chi connectivity index (χ1v) is 6.44. The van der Waals surface area contributed by atoms with E-state index in [-0.39, 0.29) is 0 Å². The van der Waals surface area contributed by atoms with Crippen LogP contribution in [0.1, 0.15) is 11.1 Å². The Morgan fingerprint density at radius 2 is 1.68 bits per heavy atom. The average Bonchev–Trinajstić information content (AvgIpc) is 2.49. The SMILES string of the molecule is COc1ccc(CNC=CCc2ccccc2)cc1. The number of nitrogens with one attached hydrogen (secondary N) is 1. The third-order valence-electron chi connectivity index (χ3n) is 2.90. The predicted octanol–water partition coefficient (Wildman–Crippen LogP) is 3.54. The van der Waals surface area contributed by atoms with Crippen LogP contribution in [0.15, 0.2) is 66.9 Å². The summed E-state index contributed by atoms with van der Waals surface area (Å²) in [5.74, 6) is 0.892. The van der Waals surface area contributed by atoms with Gasteiger partial charge in [0.25, 0.3) is 0 Å². The van der Waals surface area contributed by atoms with Gasteiger partial charge in [0.2, 0.25) is 0 Å². The number of benzene rings is 2. The van der Waals surface area contributed by atoms with Gasteiger partial charge in [-0.15, -0.1) is 0 Å². The van der Waals surface area contributed by atoms with Crippen LogP contribution in [-0.4, -0.2) is 7.11 Å². The molecular formula is C17H19NO. The molecule has 0 radical (unpaired) electrons. The molecule has 19 heavy (non-hydrogen) atoms. The molecular weight excluding hydrogens is 234 g/mol. The van der Waals surface area contributed by atoms with Crippen molar-refractivity contribution in [2.75, 3.05) is 7.11 Å². The van der Waals surface area contributed by atoms with Gasteiger partial charge in [-0.05, 0) is 35.9 Å². The molecule has 0 fully saturated rings. The standard InChI is InChI=1S/C17H19NO/c1-19-17-11-9-16(10-12-17)14-18-13-5-8-15-6-3-2-4-7-15/h2-7,9-13,18H,8,14H2,1H3. The summed E-state index contributed by atoms with van der Waals surface area (Å²) in [4.78, 5) is 0. The Morgan fingerprint density at radius 1 is 0.947 bits per heavy atom. The maximum Gasteiger partial charge on any atom is 0.118 e. The van der Waals surface area contributed by atoms with Crippen molar-refractivity contribution in [1.29, 1.82) is 0 Å². The minimum Gasteiger partial charge on any atom is -0.497 e. The first-order valence-electron chi connectivity index (χ1n) is 6.44. The number of hydrogen-bond acceptors (Lipinski definition) is 2. The summed E-state index contributed by atoms with van der Waals surface area (Å²) in [6.45, 7) is 0.829. The van der Waals surface area contributed by atoms with E-state index in [2.05, 4.69) is 47.8 Å². The van der Waals surface area contributed by atoms with Crippen LogP contribution in [-0.2, 0) is 13.0 Å². The maximum absolute atomic E-state index is 5.13. The molecule has 0 aliphatic carbocycles. The van der Waals surface area contributed by atoms with E-state index in [1.807, 2.05) is 24.4 Å². The van der Waals surface area contributed by atoms with Crippen molar-refractivity contribution in [1.82, 2.24) is 5.32 Å². The fourth-order valence-electron chi connectivity index (χ4n) is 1.81. The molecule has 0 heterocycles. The van der Waals surface area contributed by atoms with Crippen LogP contribution in [0.5, 0.6) is 5.75 Å². The molecule has 0 saturated carbocycles. The van der Waals surface area contributed by atoms with E-state index in [0.717, 1.165) is 18.7 Å². The molecule has 1 N–H and O–H groups in total. The van der Waals surface area contributed by atoms with E-state index in [1.165, 1.54) is 11.1 Å². The van der Waals surface area contributed by atoms with Crippen LogP contribution in [0.4, 0.5) is 0 Å².